The highest BCUT2D eigenvalue weighted by atomic mass is 16.6. The first-order valence-corrected chi connectivity index (χ1v) is 7.59. The highest BCUT2D eigenvalue weighted by molar-refractivity contribution is 5.32. The summed E-state index contributed by atoms with van der Waals surface area (Å²) in [5.74, 6) is 0.887. The monoisotopic (exact) mass is 297 g/mol. The molecule has 1 N–H and O–H groups in total. The molecule has 1 aromatic heterocycles. The number of hydrogen-bond acceptors (Lipinski definition) is 5. The molecular formula is C15H27N3O3. The van der Waals surface area contributed by atoms with Crippen molar-refractivity contribution < 1.29 is 14.2 Å². The van der Waals surface area contributed by atoms with E-state index in [4.69, 9.17) is 14.2 Å². The Bertz CT molecular complexity index is 461. The minimum Gasteiger partial charge on any atom is -0.484 e. The molecule has 6 heteroatoms. The molecular weight excluding hydrogens is 270 g/mol. The lowest BCUT2D eigenvalue weighted by atomic mass is 9.85. The van der Waals surface area contributed by atoms with Crippen molar-refractivity contribution >= 4 is 0 Å². The van der Waals surface area contributed by atoms with E-state index in [0.717, 1.165) is 30.1 Å². The molecule has 0 bridgehead atoms. The lowest BCUT2D eigenvalue weighted by Crippen LogP contribution is -2.61. The van der Waals surface area contributed by atoms with Crippen molar-refractivity contribution in [3.05, 3.63) is 11.4 Å². The summed E-state index contributed by atoms with van der Waals surface area (Å²) in [6, 6.07) is 0.356. The zero-order chi connectivity index (χ0) is 15.4. The molecule has 2 rings (SSSR count). The molecule has 1 aliphatic rings. The van der Waals surface area contributed by atoms with E-state index >= 15 is 0 Å². The summed E-state index contributed by atoms with van der Waals surface area (Å²) in [6.07, 6.45) is 1.10. The average Bonchev–Trinajstić information content (AvgIpc) is 2.68. The molecule has 1 fully saturated rings. The zero-order valence-electron chi connectivity index (χ0n) is 13.7. The highest BCUT2D eigenvalue weighted by Gasteiger charge is 2.44. The fourth-order valence-corrected chi connectivity index (χ4v) is 2.73. The number of aryl methyl sites for hydroxylation is 2. The molecule has 0 radical (unpaired) electrons. The SMILES string of the molecule is CCNC1CC(Oc2c(C)nn(C)c2C)C1OCCOC. The second-order valence-corrected chi connectivity index (χ2v) is 5.51. The quantitative estimate of drug-likeness (QED) is 0.731. The average molecular weight is 297 g/mol. The minimum atomic E-state index is 0.0686. The van der Waals surface area contributed by atoms with Gasteiger partial charge in [0.2, 0.25) is 0 Å². The van der Waals surface area contributed by atoms with Crippen LogP contribution in [0.4, 0.5) is 0 Å². The van der Waals surface area contributed by atoms with Crippen molar-refractivity contribution in [2.45, 2.75) is 45.4 Å². The van der Waals surface area contributed by atoms with Gasteiger partial charge in [0.1, 0.15) is 17.9 Å². The predicted octanol–water partition coefficient (Wildman–Crippen LogP) is 1.20. The molecule has 0 aliphatic heterocycles. The highest BCUT2D eigenvalue weighted by Crippen LogP contribution is 2.32. The second-order valence-electron chi connectivity index (χ2n) is 5.51. The smallest absolute Gasteiger partial charge is 0.163 e. The number of methoxy groups -OCH3 is 1. The van der Waals surface area contributed by atoms with Gasteiger partial charge in [-0.2, -0.15) is 5.10 Å². The van der Waals surface area contributed by atoms with E-state index in [-0.39, 0.29) is 12.2 Å². The molecule has 1 aliphatic carbocycles. The molecule has 1 saturated carbocycles. The van der Waals surface area contributed by atoms with Crippen molar-refractivity contribution in [3.8, 4) is 5.75 Å². The van der Waals surface area contributed by atoms with Crippen LogP contribution in [0, 0.1) is 13.8 Å². The fraction of sp³-hybridized carbons (Fsp3) is 0.800. The molecule has 1 heterocycles. The maximum absolute atomic E-state index is 6.16. The number of rotatable bonds is 8. The van der Waals surface area contributed by atoms with Crippen LogP contribution in [0.1, 0.15) is 24.7 Å². The van der Waals surface area contributed by atoms with Gasteiger partial charge in [0.15, 0.2) is 5.75 Å². The van der Waals surface area contributed by atoms with E-state index in [1.807, 2.05) is 25.6 Å². The Balaban J connectivity index is 1.98. The summed E-state index contributed by atoms with van der Waals surface area (Å²) in [5.41, 5.74) is 1.98. The Labute approximate surface area is 126 Å². The van der Waals surface area contributed by atoms with Crippen LogP contribution in [-0.4, -0.2) is 54.9 Å². The van der Waals surface area contributed by atoms with E-state index < -0.39 is 0 Å². The van der Waals surface area contributed by atoms with E-state index in [1.165, 1.54) is 0 Å². The van der Waals surface area contributed by atoms with Crippen LogP contribution in [-0.2, 0) is 16.5 Å². The number of ether oxygens (including phenoxy) is 3. The summed E-state index contributed by atoms with van der Waals surface area (Å²) in [4.78, 5) is 0. The Kier molecular flexibility index (Phi) is 5.61. The molecule has 0 spiro atoms. The summed E-state index contributed by atoms with van der Waals surface area (Å²) < 4.78 is 19.0. The van der Waals surface area contributed by atoms with E-state index in [9.17, 15) is 0 Å². The molecule has 120 valence electrons. The van der Waals surface area contributed by atoms with E-state index in [2.05, 4.69) is 17.3 Å². The molecule has 6 nitrogen and oxygen atoms in total. The van der Waals surface area contributed by atoms with Gasteiger partial charge < -0.3 is 19.5 Å². The van der Waals surface area contributed by atoms with Gasteiger partial charge in [-0.3, -0.25) is 4.68 Å². The Morgan fingerprint density at radius 3 is 2.67 bits per heavy atom. The van der Waals surface area contributed by atoms with E-state index in [0.29, 0.717) is 19.3 Å². The summed E-state index contributed by atoms with van der Waals surface area (Å²) in [5, 5.41) is 7.84. The standard InChI is InChI=1S/C15H27N3O3/c1-6-16-12-9-13(15(12)20-8-7-19-5)21-14-10(2)17-18(4)11(14)3/h12-13,15-16H,6-9H2,1-5H3. The molecule has 0 amide bonds. The first-order valence-electron chi connectivity index (χ1n) is 7.59. The third-order valence-electron chi connectivity index (χ3n) is 4.03. The topological polar surface area (TPSA) is 57.5 Å². The third-order valence-corrected chi connectivity index (χ3v) is 4.03. The first-order chi connectivity index (χ1) is 10.1. The molecule has 0 aromatic carbocycles. The minimum absolute atomic E-state index is 0.0686. The molecule has 21 heavy (non-hydrogen) atoms. The van der Waals surface area contributed by atoms with Crippen molar-refractivity contribution in [2.75, 3.05) is 26.9 Å². The maximum Gasteiger partial charge on any atom is 0.163 e. The Morgan fingerprint density at radius 2 is 2.10 bits per heavy atom. The predicted molar refractivity (Wildman–Crippen MR) is 80.8 cm³/mol. The lowest BCUT2D eigenvalue weighted by molar-refractivity contribution is -0.115. The van der Waals surface area contributed by atoms with Crippen LogP contribution >= 0.6 is 0 Å². The first kappa shape index (κ1) is 16.3. The molecule has 3 unspecified atom stereocenters. The van der Waals surface area contributed by atoms with Crippen molar-refractivity contribution in [1.82, 2.24) is 15.1 Å². The largest absolute Gasteiger partial charge is 0.484 e. The summed E-state index contributed by atoms with van der Waals surface area (Å²) in [7, 11) is 3.62. The number of nitrogens with zero attached hydrogens (tertiary/aromatic N) is 2. The van der Waals surface area contributed by atoms with E-state index in [1.54, 1.807) is 7.11 Å². The zero-order valence-corrected chi connectivity index (χ0v) is 13.7. The van der Waals surface area contributed by atoms with Crippen LogP contribution in [0.2, 0.25) is 0 Å². The van der Waals surface area contributed by atoms with Crippen LogP contribution in [0.3, 0.4) is 0 Å². The van der Waals surface area contributed by atoms with Gasteiger partial charge in [-0.05, 0) is 20.4 Å². The number of aromatic nitrogens is 2. The third kappa shape index (κ3) is 3.56. The summed E-state index contributed by atoms with van der Waals surface area (Å²) >= 11 is 0. The molecule has 3 atom stereocenters. The van der Waals surface area contributed by atoms with Crippen molar-refractivity contribution in [2.24, 2.45) is 7.05 Å². The van der Waals surface area contributed by atoms with Crippen molar-refractivity contribution in [3.63, 3.8) is 0 Å². The van der Waals surface area contributed by atoms with Crippen LogP contribution < -0.4 is 10.1 Å². The van der Waals surface area contributed by atoms with Gasteiger partial charge in [-0.15, -0.1) is 0 Å². The van der Waals surface area contributed by atoms with Gasteiger partial charge in [-0.1, -0.05) is 6.92 Å². The van der Waals surface area contributed by atoms with Crippen molar-refractivity contribution in [1.29, 1.82) is 0 Å². The number of hydrogen-bond donors (Lipinski definition) is 1. The summed E-state index contributed by atoms with van der Waals surface area (Å²) in [6.45, 7) is 8.24. The number of nitrogens with one attached hydrogen (secondary N) is 1. The van der Waals surface area contributed by atoms with Gasteiger partial charge in [0.05, 0.1) is 18.9 Å². The second kappa shape index (κ2) is 7.24. The van der Waals surface area contributed by atoms with Gasteiger partial charge in [0.25, 0.3) is 0 Å². The fourth-order valence-electron chi connectivity index (χ4n) is 2.73. The lowest BCUT2D eigenvalue weighted by Gasteiger charge is -2.44. The van der Waals surface area contributed by atoms with Gasteiger partial charge in [-0.25, -0.2) is 0 Å². The van der Waals surface area contributed by atoms with Crippen LogP contribution in [0.5, 0.6) is 5.75 Å². The van der Waals surface area contributed by atoms with Gasteiger partial charge in [0, 0.05) is 26.6 Å². The molecule has 1 aromatic rings. The van der Waals surface area contributed by atoms with Gasteiger partial charge >= 0.3 is 0 Å². The Morgan fingerprint density at radius 1 is 1.33 bits per heavy atom. The van der Waals surface area contributed by atoms with Crippen LogP contribution in [0.15, 0.2) is 0 Å². The molecule has 0 saturated heterocycles. The normalized spacial score (nSPS) is 24.9. The van der Waals surface area contributed by atoms with Crippen LogP contribution in [0.25, 0.3) is 0 Å². The number of likely N-dealkylation sites (N-methyl/N-ethyl adjacent to an activating group) is 1. The Hall–Kier alpha value is -1.11. The maximum atomic E-state index is 6.16.